The summed E-state index contributed by atoms with van der Waals surface area (Å²) in [5.41, 5.74) is 0.830. The fourth-order valence-corrected chi connectivity index (χ4v) is 2.02. The van der Waals surface area contributed by atoms with Crippen molar-refractivity contribution in [3.05, 3.63) is 35.6 Å². The van der Waals surface area contributed by atoms with Crippen LogP contribution in [0.25, 0.3) is 0 Å². The largest absolute Gasteiger partial charge is 0.350 e. The van der Waals surface area contributed by atoms with Gasteiger partial charge in [-0.1, -0.05) is 12.1 Å². The zero-order chi connectivity index (χ0) is 13.1. The SMILES string of the molecule is CN1C(=O)CCC1C(=O)NCc1ccc(F)cc1. The van der Waals surface area contributed by atoms with Crippen molar-refractivity contribution in [2.45, 2.75) is 25.4 Å². The Hall–Kier alpha value is -1.91. The summed E-state index contributed by atoms with van der Waals surface area (Å²) in [5, 5.41) is 2.76. The molecule has 1 unspecified atom stereocenters. The number of benzene rings is 1. The van der Waals surface area contributed by atoms with Gasteiger partial charge in [-0.15, -0.1) is 0 Å². The number of hydrogen-bond donors (Lipinski definition) is 1. The third-order valence-corrected chi connectivity index (χ3v) is 3.18. The van der Waals surface area contributed by atoms with Crippen molar-refractivity contribution in [2.24, 2.45) is 0 Å². The van der Waals surface area contributed by atoms with E-state index in [9.17, 15) is 14.0 Å². The Morgan fingerprint density at radius 3 is 2.67 bits per heavy atom. The summed E-state index contributed by atoms with van der Waals surface area (Å²) in [6.07, 6.45) is 0.982. The maximum Gasteiger partial charge on any atom is 0.243 e. The maximum atomic E-state index is 12.7. The fraction of sp³-hybridized carbons (Fsp3) is 0.385. The van der Waals surface area contributed by atoms with E-state index >= 15 is 0 Å². The van der Waals surface area contributed by atoms with Gasteiger partial charge in [0.15, 0.2) is 0 Å². The average molecular weight is 250 g/mol. The summed E-state index contributed by atoms with van der Waals surface area (Å²) in [4.78, 5) is 24.6. The van der Waals surface area contributed by atoms with Crippen molar-refractivity contribution < 1.29 is 14.0 Å². The highest BCUT2D eigenvalue weighted by Crippen LogP contribution is 2.16. The Labute approximate surface area is 105 Å². The molecule has 1 atom stereocenters. The van der Waals surface area contributed by atoms with E-state index in [1.54, 1.807) is 19.2 Å². The van der Waals surface area contributed by atoms with E-state index in [0.717, 1.165) is 5.56 Å². The number of rotatable bonds is 3. The quantitative estimate of drug-likeness (QED) is 0.872. The van der Waals surface area contributed by atoms with Gasteiger partial charge in [0.2, 0.25) is 11.8 Å². The monoisotopic (exact) mass is 250 g/mol. The molecule has 0 spiro atoms. The zero-order valence-corrected chi connectivity index (χ0v) is 10.1. The minimum Gasteiger partial charge on any atom is -0.350 e. The molecule has 5 heteroatoms. The van der Waals surface area contributed by atoms with E-state index in [0.29, 0.717) is 19.4 Å². The summed E-state index contributed by atoms with van der Waals surface area (Å²) in [6, 6.07) is 5.58. The molecule has 1 N–H and O–H groups in total. The number of likely N-dealkylation sites (tertiary alicyclic amines) is 1. The summed E-state index contributed by atoms with van der Waals surface area (Å²) < 4.78 is 12.7. The Morgan fingerprint density at radius 2 is 2.11 bits per heavy atom. The van der Waals surface area contributed by atoms with Gasteiger partial charge in [0.05, 0.1) is 0 Å². The first-order valence-electron chi connectivity index (χ1n) is 5.86. The second kappa shape index (κ2) is 5.16. The summed E-state index contributed by atoms with van der Waals surface area (Å²) >= 11 is 0. The lowest BCUT2D eigenvalue weighted by atomic mass is 10.2. The van der Waals surface area contributed by atoms with E-state index in [1.165, 1.54) is 17.0 Å². The standard InChI is InChI=1S/C13H15FN2O2/c1-16-11(6-7-12(16)17)13(18)15-8-9-2-4-10(14)5-3-9/h2-5,11H,6-8H2,1H3,(H,15,18). The molecule has 0 bridgehead atoms. The minimum atomic E-state index is -0.377. The van der Waals surface area contributed by atoms with Crippen molar-refractivity contribution in [1.82, 2.24) is 10.2 Å². The second-order valence-corrected chi connectivity index (χ2v) is 4.40. The minimum absolute atomic E-state index is 0.00284. The molecule has 0 aliphatic carbocycles. The van der Waals surface area contributed by atoms with Crippen LogP contribution in [0.1, 0.15) is 18.4 Å². The highest BCUT2D eigenvalue weighted by Gasteiger charge is 2.32. The number of halogens is 1. The summed E-state index contributed by atoms with van der Waals surface area (Å²) in [7, 11) is 1.64. The van der Waals surface area contributed by atoms with Crippen LogP contribution in [0.5, 0.6) is 0 Å². The van der Waals surface area contributed by atoms with Gasteiger partial charge in [-0.05, 0) is 24.1 Å². The molecular formula is C13H15FN2O2. The predicted molar refractivity (Wildman–Crippen MR) is 64.0 cm³/mol. The van der Waals surface area contributed by atoms with Gasteiger partial charge in [-0.3, -0.25) is 9.59 Å². The average Bonchev–Trinajstić information content (AvgIpc) is 2.69. The Kier molecular flexibility index (Phi) is 3.60. The Bertz CT molecular complexity index is 459. The molecule has 1 aliphatic rings. The molecule has 0 aromatic heterocycles. The summed E-state index contributed by atoms with van der Waals surface area (Å²) in [5.74, 6) is -0.462. The van der Waals surface area contributed by atoms with Crippen LogP contribution in [0, 0.1) is 5.82 Å². The van der Waals surface area contributed by atoms with Crippen molar-refractivity contribution in [2.75, 3.05) is 7.05 Å². The number of carbonyl (C=O) groups is 2. The van der Waals surface area contributed by atoms with Crippen molar-refractivity contribution in [1.29, 1.82) is 0 Å². The first-order valence-corrected chi connectivity index (χ1v) is 5.86. The molecule has 0 saturated carbocycles. The molecule has 1 heterocycles. The van der Waals surface area contributed by atoms with E-state index in [1.807, 2.05) is 0 Å². The summed E-state index contributed by atoms with van der Waals surface area (Å²) in [6.45, 7) is 0.345. The van der Waals surface area contributed by atoms with Gasteiger partial charge in [0.25, 0.3) is 0 Å². The van der Waals surface area contributed by atoms with Crippen molar-refractivity contribution >= 4 is 11.8 Å². The van der Waals surface area contributed by atoms with Crippen LogP contribution >= 0.6 is 0 Å². The molecule has 1 saturated heterocycles. The number of carbonyl (C=O) groups excluding carboxylic acids is 2. The maximum absolute atomic E-state index is 12.7. The molecule has 2 rings (SSSR count). The molecule has 1 fully saturated rings. The number of nitrogens with zero attached hydrogens (tertiary/aromatic N) is 1. The van der Waals surface area contributed by atoms with Gasteiger partial charge in [0.1, 0.15) is 11.9 Å². The number of nitrogens with one attached hydrogen (secondary N) is 1. The van der Waals surface area contributed by atoms with Crippen LogP contribution in [0.4, 0.5) is 4.39 Å². The van der Waals surface area contributed by atoms with E-state index < -0.39 is 0 Å². The number of hydrogen-bond acceptors (Lipinski definition) is 2. The van der Waals surface area contributed by atoms with Crippen LogP contribution in [0.15, 0.2) is 24.3 Å². The van der Waals surface area contributed by atoms with Gasteiger partial charge < -0.3 is 10.2 Å². The molecule has 0 radical (unpaired) electrons. The second-order valence-electron chi connectivity index (χ2n) is 4.40. The zero-order valence-electron chi connectivity index (χ0n) is 10.1. The number of amides is 2. The molecular weight excluding hydrogens is 235 g/mol. The van der Waals surface area contributed by atoms with Crippen molar-refractivity contribution in [3.63, 3.8) is 0 Å². The first-order chi connectivity index (χ1) is 8.58. The molecule has 18 heavy (non-hydrogen) atoms. The van der Waals surface area contributed by atoms with Crippen LogP contribution in [0.2, 0.25) is 0 Å². The Morgan fingerprint density at radius 1 is 1.44 bits per heavy atom. The van der Waals surface area contributed by atoms with E-state index in [4.69, 9.17) is 0 Å². The lowest BCUT2D eigenvalue weighted by Crippen LogP contribution is -2.42. The van der Waals surface area contributed by atoms with Crippen LogP contribution in [-0.2, 0) is 16.1 Å². The predicted octanol–water partition coefficient (Wildman–Crippen LogP) is 1.06. The van der Waals surface area contributed by atoms with Gasteiger partial charge >= 0.3 is 0 Å². The van der Waals surface area contributed by atoms with E-state index in [2.05, 4.69) is 5.32 Å². The third-order valence-electron chi connectivity index (χ3n) is 3.18. The van der Waals surface area contributed by atoms with E-state index in [-0.39, 0.29) is 23.7 Å². The Balaban J connectivity index is 1.89. The van der Waals surface area contributed by atoms with Gasteiger partial charge in [-0.2, -0.15) is 0 Å². The topological polar surface area (TPSA) is 49.4 Å². The normalized spacial score (nSPS) is 19.1. The fourth-order valence-electron chi connectivity index (χ4n) is 2.02. The molecule has 4 nitrogen and oxygen atoms in total. The molecule has 1 aromatic rings. The van der Waals surface area contributed by atoms with Gasteiger partial charge in [0, 0.05) is 20.0 Å². The molecule has 96 valence electrons. The first kappa shape index (κ1) is 12.5. The highest BCUT2D eigenvalue weighted by molar-refractivity contribution is 5.90. The van der Waals surface area contributed by atoms with Crippen molar-refractivity contribution in [3.8, 4) is 0 Å². The lowest BCUT2D eigenvalue weighted by molar-refractivity contribution is -0.133. The van der Waals surface area contributed by atoms with Crippen LogP contribution in [0.3, 0.4) is 0 Å². The third kappa shape index (κ3) is 2.67. The molecule has 1 aromatic carbocycles. The van der Waals surface area contributed by atoms with Crippen LogP contribution in [-0.4, -0.2) is 29.8 Å². The number of likely N-dealkylation sites (N-methyl/N-ethyl adjacent to an activating group) is 1. The van der Waals surface area contributed by atoms with Crippen LogP contribution < -0.4 is 5.32 Å². The molecule has 1 aliphatic heterocycles. The lowest BCUT2D eigenvalue weighted by Gasteiger charge is -2.19. The highest BCUT2D eigenvalue weighted by atomic mass is 19.1. The molecule has 2 amide bonds. The van der Waals surface area contributed by atoms with Gasteiger partial charge in [-0.25, -0.2) is 4.39 Å². The smallest absolute Gasteiger partial charge is 0.243 e.